The molecule has 0 saturated heterocycles. The average molecular weight is 279 g/mol. The number of aliphatic hydroxyl groups is 1. The van der Waals surface area contributed by atoms with Gasteiger partial charge in [0.1, 0.15) is 0 Å². The number of nitrogens with zero attached hydrogens (tertiary/aromatic N) is 2. The molecule has 6 heteroatoms. The van der Waals surface area contributed by atoms with Crippen molar-refractivity contribution in [3.05, 3.63) is 34.9 Å². The zero-order valence-corrected chi connectivity index (χ0v) is 12.0. The molecule has 0 aliphatic heterocycles. The summed E-state index contributed by atoms with van der Waals surface area (Å²) in [5.74, 6) is 0.425. The highest BCUT2D eigenvalue weighted by atomic mass is 32.2. The summed E-state index contributed by atoms with van der Waals surface area (Å²) in [4.78, 5) is 19.4. The van der Waals surface area contributed by atoms with Crippen LogP contribution in [0.15, 0.2) is 17.4 Å². The standard InChI is InChI=1S/C13H17N3O2S/c1-8-4-11(9(2)15-8)12(18)7-19-13-14-5-10(6-17)16(13)3/h4-5,15,17H,6-7H2,1-3H3. The number of hydrogen-bond acceptors (Lipinski definition) is 4. The molecule has 2 N–H and O–H groups in total. The number of carbonyl (C=O) groups excluding carboxylic acids is 1. The van der Waals surface area contributed by atoms with Crippen LogP contribution in [-0.2, 0) is 13.7 Å². The summed E-state index contributed by atoms with van der Waals surface area (Å²) in [5.41, 5.74) is 3.37. The molecule has 2 aromatic heterocycles. The van der Waals surface area contributed by atoms with Crippen molar-refractivity contribution in [2.75, 3.05) is 5.75 Å². The number of nitrogens with one attached hydrogen (secondary N) is 1. The lowest BCUT2D eigenvalue weighted by Crippen LogP contribution is -2.05. The first-order chi connectivity index (χ1) is 9.02. The maximum absolute atomic E-state index is 12.1. The monoisotopic (exact) mass is 279 g/mol. The van der Waals surface area contributed by atoms with Crippen molar-refractivity contribution in [3.63, 3.8) is 0 Å². The van der Waals surface area contributed by atoms with Gasteiger partial charge in [0.05, 0.1) is 24.3 Å². The molecule has 0 saturated carbocycles. The van der Waals surface area contributed by atoms with Crippen molar-refractivity contribution in [1.82, 2.24) is 14.5 Å². The lowest BCUT2D eigenvalue weighted by molar-refractivity contribution is 0.102. The molecule has 19 heavy (non-hydrogen) atoms. The second-order valence-electron chi connectivity index (χ2n) is 4.45. The van der Waals surface area contributed by atoms with Crippen LogP contribution in [0.2, 0.25) is 0 Å². The lowest BCUT2D eigenvalue weighted by atomic mass is 10.2. The first-order valence-electron chi connectivity index (χ1n) is 5.96. The fourth-order valence-corrected chi connectivity index (χ4v) is 2.78. The van der Waals surface area contributed by atoms with Gasteiger partial charge in [-0.1, -0.05) is 11.8 Å². The molecule has 2 heterocycles. The Morgan fingerprint density at radius 2 is 2.26 bits per heavy atom. The molecule has 0 aliphatic carbocycles. The van der Waals surface area contributed by atoms with E-state index in [0.29, 0.717) is 5.75 Å². The Bertz CT molecular complexity index is 601. The van der Waals surface area contributed by atoms with E-state index in [9.17, 15) is 4.79 Å². The second kappa shape index (κ2) is 5.63. The molecule has 5 nitrogen and oxygen atoms in total. The Hall–Kier alpha value is -1.53. The van der Waals surface area contributed by atoms with Gasteiger partial charge in [-0.3, -0.25) is 4.79 Å². The molecular weight excluding hydrogens is 262 g/mol. The minimum Gasteiger partial charge on any atom is -0.390 e. The number of rotatable bonds is 5. The SMILES string of the molecule is Cc1cc(C(=O)CSc2ncc(CO)n2C)c(C)[nH]1. The maximum atomic E-state index is 12.1. The zero-order valence-electron chi connectivity index (χ0n) is 11.2. The third kappa shape index (κ3) is 2.90. The second-order valence-corrected chi connectivity index (χ2v) is 5.39. The highest BCUT2D eigenvalue weighted by molar-refractivity contribution is 7.99. The fourth-order valence-electron chi connectivity index (χ4n) is 1.93. The van der Waals surface area contributed by atoms with Crippen LogP contribution in [0.5, 0.6) is 0 Å². The van der Waals surface area contributed by atoms with Crippen LogP contribution in [0, 0.1) is 13.8 Å². The molecule has 102 valence electrons. The number of carbonyl (C=O) groups is 1. The Morgan fingerprint density at radius 1 is 1.53 bits per heavy atom. The van der Waals surface area contributed by atoms with E-state index in [4.69, 9.17) is 5.11 Å². The molecule has 0 aromatic carbocycles. The van der Waals surface area contributed by atoms with Gasteiger partial charge in [0.15, 0.2) is 10.9 Å². The van der Waals surface area contributed by atoms with Crippen LogP contribution in [0.4, 0.5) is 0 Å². The van der Waals surface area contributed by atoms with Gasteiger partial charge in [0.2, 0.25) is 0 Å². The topological polar surface area (TPSA) is 70.9 Å². The van der Waals surface area contributed by atoms with E-state index < -0.39 is 0 Å². The van der Waals surface area contributed by atoms with Crippen LogP contribution in [-0.4, -0.2) is 31.2 Å². The molecule has 2 rings (SSSR count). The largest absolute Gasteiger partial charge is 0.390 e. The summed E-state index contributed by atoms with van der Waals surface area (Å²) in [6, 6.07) is 1.87. The molecule has 0 radical (unpaired) electrons. The molecule has 0 bridgehead atoms. The number of H-pyrrole nitrogens is 1. The minimum atomic E-state index is -0.0475. The predicted octanol–water partition coefficient (Wildman–Crippen LogP) is 1.83. The van der Waals surface area contributed by atoms with Gasteiger partial charge in [0.25, 0.3) is 0 Å². The Morgan fingerprint density at radius 3 is 2.79 bits per heavy atom. The average Bonchev–Trinajstić information content (AvgIpc) is 2.89. The fraction of sp³-hybridized carbons (Fsp3) is 0.385. The smallest absolute Gasteiger partial charge is 0.174 e. The summed E-state index contributed by atoms with van der Waals surface area (Å²) in [6.45, 7) is 3.78. The predicted molar refractivity (Wildman–Crippen MR) is 74.5 cm³/mol. The van der Waals surface area contributed by atoms with E-state index in [2.05, 4.69) is 9.97 Å². The van der Waals surface area contributed by atoms with Crippen molar-refractivity contribution < 1.29 is 9.90 Å². The van der Waals surface area contributed by atoms with Crippen molar-refractivity contribution in [3.8, 4) is 0 Å². The van der Waals surface area contributed by atoms with Crippen LogP contribution < -0.4 is 0 Å². The third-order valence-corrected chi connectivity index (χ3v) is 4.03. The Balaban J connectivity index is 2.04. The van der Waals surface area contributed by atoms with Crippen molar-refractivity contribution in [2.24, 2.45) is 7.05 Å². The van der Waals surface area contributed by atoms with Gasteiger partial charge in [-0.25, -0.2) is 4.98 Å². The van der Waals surface area contributed by atoms with Crippen molar-refractivity contribution >= 4 is 17.5 Å². The number of aromatic nitrogens is 3. The van der Waals surface area contributed by atoms with Crippen LogP contribution in [0.3, 0.4) is 0 Å². The molecule has 0 spiro atoms. The number of aromatic amines is 1. The van der Waals surface area contributed by atoms with E-state index in [1.54, 1.807) is 10.8 Å². The number of hydrogen-bond donors (Lipinski definition) is 2. The van der Waals surface area contributed by atoms with Crippen molar-refractivity contribution in [1.29, 1.82) is 0 Å². The zero-order chi connectivity index (χ0) is 14.0. The quantitative estimate of drug-likeness (QED) is 0.647. The van der Waals surface area contributed by atoms with Gasteiger partial charge >= 0.3 is 0 Å². The van der Waals surface area contributed by atoms with E-state index in [0.717, 1.165) is 27.8 Å². The summed E-state index contributed by atoms with van der Waals surface area (Å²) in [7, 11) is 1.83. The summed E-state index contributed by atoms with van der Waals surface area (Å²) in [6.07, 6.45) is 1.62. The highest BCUT2D eigenvalue weighted by Crippen LogP contribution is 2.20. The number of Topliss-reactive ketones (excluding diaryl/α,β-unsaturated/α-hetero) is 1. The number of imidazole rings is 1. The van der Waals surface area contributed by atoms with Gasteiger partial charge < -0.3 is 14.7 Å². The molecular formula is C13H17N3O2S. The number of aryl methyl sites for hydroxylation is 2. The van der Waals surface area contributed by atoms with Crippen LogP contribution in [0.1, 0.15) is 27.4 Å². The first kappa shape index (κ1) is 13.9. The third-order valence-electron chi connectivity index (χ3n) is 2.99. The Kier molecular flexibility index (Phi) is 4.11. The number of thioether (sulfide) groups is 1. The van der Waals surface area contributed by atoms with Gasteiger partial charge in [-0.15, -0.1) is 0 Å². The summed E-state index contributed by atoms with van der Waals surface area (Å²) < 4.78 is 1.80. The Labute approximate surface area is 116 Å². The molecule has 2 aromatic rings. The van der Waals surface area contributed by atoms with E-state index in [-0.39, 0.29) is 12.4 Å². The normalized spacial score (nSPS) is 10.9. The first-order valence-corrected chi connectivity index (χ1v) is 6.95. The lowest BCUT2D eigenvalue weighted by Gasteiger charge is -2.03. The van der Waals surface area contributed by atoms with Crippen LogP contribution >= 0.6 is 11.8 Å². The molecule has 0 aliphatic rings. The van der Waals surface area contributed by atoms with Crippen molar-refractivity contribution in [2.45, 2.75) is 25.6 Å². The van der Waals surface area contributed by atoms with E-state index in [1.165, 1.54) is 11.8 Å². The van der Waals surface area contributed by atoms with Gasteiger partial charge in [-0.2, -0.15) is 0 Å². The van der Waals surface area contributed by atoms with Gasteiger partial charge in [0, 0.05) is 24.0 Å². The summed E-state index contributed by atoms with van der Waals surface area (Å²) in [5, 5.41) is 9.82. The van der Waals surface area contributed by atoms with E-state index in [1.807, 2.05) is 27.0 Å². The molecule has 0 atom stereocenters. The van der Waals surface area contributed by atoms with Gasteiger partial charge in [-0.05, 0) is 19.9 Å². The summed E-state index contributed by atoms with van der Waals surface area (Å²) >= 11 is 1.38. The molecule has 0 amide bonds. The van der Waals surface area contributed by atoms with Crippen LogP contribution in [0.25, 0.3) is 0 Å². The molecule has 0 unspecified atom stereocenters. The number of ketones is 1. The minimum absolute atomic E-state index is 0.0475. The highest BCUT2D eigenvalue weighted by Gasteiger charge is 2.14. The molecule has 0 fully saturated rings. The maximum Gasteiger partial charge on any atom is 0.174 e. The number of aliphatic hydroxyl groups excluding tert-OH is 1. The van der Waals surface area contributed by atoms with E-state index >= 15 is 0 Å².